The highest BCUT2D eigenvalue weighted by molar-refractivity contribution is 6.01. The van der Waals surface area contributed by atoms with Gasteiger partial charge >= 0.3 is 5.97 Å². The maximum absolute atomic E-state index is 12.5. The number of phenols is 2. The number of hydrogen-bond acceptors (Lipinski definition) is 14. The van der Waals surface area contributed by atoms with Crippen LogP contribution in [0.4, 0.5) is 5.69 Å². The van der Waals surface area contributed by atoms with Gasteiger partial charge in [0.15, 0.2) is 11.5 Å². The van der Waals surface area contributed by atoms with Crippen LogP contribution in [0.15, 0.2) is 48.5 Å². The quantitative estimate of drug-likeness (QED) is 0.118. The first kappa shape index (κ1) is 37.4. The van der Waals surface area contributed by atoms with Crippen LogP contribution in [0.3, 0.4) is 0 Å². The fourth-order valence-corrected chi connectivity index (χ4v) is 5.33. The summed E-state index contributed by atoms with van der Waals surface area (Å²) in [6.07, 6.45) is 2.93. The van der Waals surface area contributed by atoms with Gasteiger partial charge in [0.1, 0.15) is 0 Å². The van der Waals surface area contributed by atoms with E-state index < -0.39 is 55.5 Å². The van der Waals surface area contributed by atoms with Crippen molar-refractivity contribution in [2.45, 2.75) is 12.5 Å². The standard InChI is InChI=1S/C32H41N5O11/c38-26-7-3-23(16-27(26)39)4-8-28(40)33-24-5-1-22(2-6-24)15-25-17-36(20-31(45)46)12-11-34(18-29(41)42)9-10-35(19-30(43)44)13-14-37(25)21-32(47)48/h1-8,16,25,38-39H,9-15,17-21H2,(H,33,40)(H,41,42)(H,43,44)(H,45,46)(H,47,48)/p-3/b8-4+. The Morgan fingerprint density at radius 3 is 1.88 bits per heavy atom. The number of aliphatic carboxylic acids is 4. The van der Waals surface area contributed by atoms with Crippen molar-refractivity contribution in [2.24, 2.45) is 0 Å². The van der Waals surface area contributed by atoms with Gasteiger partial charge in [0.2, 0.25) is 5.91 Å². The minimum absolute atomic E-state index is 0.0543. The summed E-state index contributed by atoms with van der Waals surface area (Å²) >= 11 is 0. The van der Waals surface area contributed by atoms with E-state index in [0.29, 0.717) is 11.3 Å². The summed E-state index contributed by atoms with van der Waals surface area (Å²) in [5.41, 5.74) is 1.65. The van der Waals surface area contributed by atoms with Gasteiger partial charge in [-0.2, -0.15) is 0 Å². The van der Waals surface area contributed by atoms with Crippen molar-refractivity contribution >= 4 is 41.5 Å². The predicted molar refractivity (Wildman–Crippen MR) is 165 cm³/mol. The molecule has 0 radical (unpaired) electrons. The van der Waals surface area contributed by atoms with Crippen molar-refractivity contribution < 1.29 is 54.6 Å². The molecule has 1 unspecified atom stereocenters. The molecule has 1 amide bonds. The minimum atomic E-state index is -1.38. The highest BCUT2D eigenvalue weighted by Gasteiger charge is 2.25. The maximum atomic E-state index is 12.5. The molecule has 16 heteroatoms. The van der Waals surface area contributed by atoms with E-state index in [1.54, 1.807) is 39.0 Å². The zero-order valence-electron chi connectivity index (χ0n) is 26.2. The first-order valence-electron chi connectivity index (χ1n) is 15.1. The molecule has 0 spiro atoms. The van der Waals surface area contributed by atoms with Crippen LogP contribution >= 0.6 is 0 Å². The highest BCUT2D eigenvalue weighted by Crippen LogP contribution is 2.25. The molecule has 0 aliphatic carbocycles. The van der Waals surface area contributed by atoms with Gasteiger partial charge in [-0.05, 0) is 47.9 Å². The number of anilines is 1. The fourth-order valence-electron chi connectivity index (χ4n) is 5.33. The molecular weight excluding hydrogens is 630 g/mol. The molecule has 1 aliphatic heterocycles. The van der Waals surface area contributed by atoms with E-state index in [4.69, 9.17) is 0 Å². The molecule has 2 aromatic carbocycles. The third-order valence-corrected chi connectivity index (χ3v) is 7.67. The van der Waals surface area contributed by atoms with Crippen molar-refractivity contribution in [2.75, 3.05) is 77.3 Å². The number of carboxylic acids is 4. The largest absolute Gasteiger partial charge is 0.549 e. The molecule has 1 atom stereocenters. The molecular formula is C32H38N5O11-3. The molecule has 1 saturated heterocycles. The van der Waals surface area contributed by atoms with Gasteiger partial charge in [0.25, 0.3) is 0 Å². The Bertz CT molecular complexity index is 1470. The lowest BCUT2D eigenvalue weighted by Crippen LogP contribution is -2.55. The first-order valence-corrected chi connectivity index (χ1v) is 15.1. The maximum Gasteiger partial charge on any atom is 0.317 e. The van der Waals surface area contributed by atoms with Crippen LogP contribution in [-0.4, -0.2) is 143 Å². The average Bonchev–Trinajstić information content (AvgIpc) is 2.99. The summed E-state index contributed by atoms with van der Waals surface area (Å²) < 4.78 is 0. The fraction of sp³-hybridized carbons (Fsp3) is 0.406. The SMILES string of the molecule is O=C([O-])CN1CCN(CC(=O)O)CCN(CC(=O)[O-])CC(Cc2ccc(NC(=O)/C=C/c3ccc(O)c(O)c3)cc2)N(CC(=O)[O-])CC1. The molecule has 1 heterocycles. The normalized spacial score (nSPS) is 17.7. The van der Waals surface area contributed by atoms with E-state index in [-0.39, 0.29) is 70.3 Å². The Labute approximate surface area is 276 Å². The zero-order valence-corrected chi connectivity index (χ0v) is 26.2. The summed E-state index contributed by atoms with van der Waals surface area (Å²) in [6, 6.07) is 10.2. The second-order valence-electron chi connectivity index (χ2n) is 11.4. The number of rotatable bonds is 13. The summed E-state index contributed by atoms with van der Waals surface area (Å²) in [6.45, 7) is -1.03. The summed E-state index contributed by atoms with van der Waals surface area (Å²) in [4.78, 5) is 65.0. The van der Waals surface area contributed by atoms with Crippen molar-refractivity contribution in [1.82, 2.24) is 19.6 Å². The lowest BCUT2D eigenvalue weighted by atomic mass is 10.0. The van der Waals surface area contributed by atoms with E-state index in [9.17, 15) is 54.6 Å². The summed E-state index contributed by atoms with van der Waals surface area (Å²) in [5, 5.41) is 66.0. The number of hydrogen-bond donors (Lipinski definition) is 4. The summed E-state index contributed by atoms with van der Waals surface area (Å²) in [7, 11) is 0. The summed E-state index contributed by atoms with van der Waals surface area (Å²) in [5.74, 6) is -6.29. The molecule has 1 aliphatic rings. The highest BCUT2D eigenvalue weighted by atomic mass is 16.4. The van der Waals surface area contributed by atoms with Crippen LogP contribution in [0.2, 0.25) is 0 Å². The van der Waals surface area contributed by atoms with E-state index in [2.05, 4.69) is 5.32 Å². The molecule has 0 aromatic heterocycles. The lowest BCUT2D eigenvalue weighted by Gasteiger charge is -2.39. The number of carbonyl (C=O) groups excluding carboxylic acids is 4. The van der Waals surface area contributed by atoms with Gasteiger partial charge in [-0.15, -0.1) is 0 Å². The monoisotopic (exact) mass is 668 g/mol. The van der Waals surface area contributed by atoms with Crippen LogP contribution in [0.5, 0.6) is 11.5 Å². The number of benzene rings is 2. The number of aromatic hydroxyl groups is 2. The Kier molecular flexibility index (Phi) is 14.3. The van der Waals surface area contributed by atoms with E-state index in [1.807, 2.05) is 0 Å². The molecule has 260 valence electrons. The van der Waals surface area contributed by atoms with Gasteiger partial charge in [0.05, 0.1) is 24.5 Å². The molecule has 0 bridgehead atoms. The van der Waals surface area contributed by atoms with Crippen LogP contribution < -0.4 is 20.6 Å². The second kappa shape index (κ2) is 18.3. The van der Waals surface area contributed by atoms with Crippen molar-refractivity contribution in [3.8, 4) is 11.5 Å². The molecule has 2 aromatic rings. The number of phenolic OH excluding ortho intramolecular Hbond substituents is 2. The van der Waals surface area contributed by atoms with Gasteiger partial charge in [-0.25, -0.2) is 0 Å². The topological polar surface area (TPSA) is 240 Å². The predicted octanol–water partition coefficient (Wildman–Crippen LogP) is -3.78. The van der Waals surface area contributed by atoms with Crippen molar-refractivity contribution in [3.05, 3.63) is 59.7 Å². The lowest BCUT2D eigenvalue weighted by molar-refractivity contribution is -0.309. The van der Waals surface area contributed by atoms with Crippen LogP contribution in [-0.2, 0) is 30.4 Å². The Hall–Kier alpha value is -5.03. The van der Waals surface area contributed by atoms with Gasteiger partial charge < -0.3 is 50.3 Å². The number of carbonyl (C=O) groups is 5. The number of amides is 1. The smallest absolute Gasteiger partial charge is 0.317 e. The Morgan fingerprint density at radius 2 is 1.29 bits per heavy atom. The molecule has 48 heavy (non-hydrogen) atoms. The molecule has 1 fully saturated rings. The van der Waals surface area contributed by atoms with E-state index in [0.717, 1.165) is 5.56 Å². The van der Waals surface area contributed by atoms with Crippen LogP contribution in [0, 0.1) is 0 Å². The number of carboxylic acid groups (broad SMARTS) is 4. The number of nitrogens with zero attached hydrogens (tertiary/aromatic N) is 4. The second-order valence-corrected chi connectivity index (χ2v) is 11.4. The molecule has 0 saturated carbocycles. The zero-order chi connectivity index (χ0) is 35.2. The van der Waals surface area contributed by atoms with Crippen molar-refractivity contribution in [3.63, 3.8) is 0 Å². The van der Waals surface area contributed by atoms with Gasteiger partial charge in [-0.3, -0.25) is 29.2 Å². The Balaban J connectivity index is 1.82. The van der Waals surface area contributed by atoms with Gasteiger partial charge in [0, 0.05) is 83.3 Å². The molecule has 3 rings (SSSR count). The van der Waals surface area contributed by atoms with E-state index in [1.165, 1.54) is 35.3 Å². The van der Waals surface area contributed by atoms with Gasteiger partial charge in [-0.1, -0.05) is 18.2 Å². The van der Waals surface area contributed by atoms with Crippen LogP contribution in [0.25, 0.3) is 6.08 Å². The third-order valence-electron chi connectivity index (χ3n) is 7.67. The third kappa shape index (κ3) is 13.4. The Morgan fingerprint density at radius 1 is 0.729 bits per heavy atom. The molecule has 16 nitrogen and oxygen atoms in total. The van der Waals surface area contributed by atoms with Crippen LogP contribution in [0.1, 0.15) is 11.1 Å². The molecule has 4 N–H and O–H groups in total. The van der Waals surface area contributed by atoms with Crippen molar-refractivity contribution in [1.29, 1.82) is 0 Å². The average molecular weight is 669 g/mol. The number of nitrogens with one attached hydrogen (secondary N) is 1. The van der Waals surface area contributed by atoms with E-state index >= 15 is 0 Å². The minimum Gasteiger partial charge on any atom is -0.549 e. The first-order chi connectivity index (χ1) is 22.8.